The average Bonchev–Trinajstić information content (AvgIpc) is 3.24. The minimum Gasteiger partial charge on any atom is -0.306 e. The molecule has 2 aromatic heterocycles. The molecule has 2 heterocycles. The summed E-state index contributed by atoms with van der Waals surface area (Å²) in [6.07, 6.45) is 2.27. The van der Waals surface area contributed by atoms with E-state index in [2.05, 4.69) is 20.4 Å². The number of rotatable bonds is 3. The predicted molar refractivity (Wildman–Crippen MR) is 93.1 cm³/mol. The number of aromatic amines is 1. The molecule has 138 valence electrons. The second kappa shape index (κ2) is 6.42. The van der Waals surface area contributed by atoms with Gasteiger partial charge in [-0.25, -0.2) is 13.8 Å². The Kier molecular flexibility index (Phi) is 4.06. The maximum absolute atomic E-state index is 13.4. The number of carbonyl (C=O) groups is 1. The van der Waals surface area contributed by atoms with Crippen molar-refractivity contribution in [1.82, 2.24) is 19.7 Å². The molecule has 0 aliphatic heterocycles. The monoisotopic (exact) mass is 371 g/mol. The molecule has 7 nitrogen and oxygen atoms in total. The number of hydrogen-bond donors (Lipinski definition) is 2. The lowest BCUT2D eigenvalue weighted by Crippen LogP contribution is -2.21. The third-order valence-corrected chi connectivity index (χ3v) is 4.38. The first-order valence-corrected chi connectivity index (χ1v) is 8.38. The van der Waals surface area contributed by atoms with Crippen LogP contribution in [0.4, 0.5) is 14.6 Å². The summed E-state index contributed by atoms with van der Waals surface area (Å²) in [5, 5.41) is 6.85. The quantitative estimate of drug-likeness (QED) is 0.739. The number of hydrogen-bond acceptors (Lipinski definition) is 4. The topological polar surface area (TPSA) is 92.7 Å². The van der Waals surface area contributed by atoms with Gasteiger partial charge in [-0.3, -0.25) is 14.6 Å². The molecule has 0 radical (unpaired) electrons. The van der Waals surface area contributed by atoms with E-state index in [-0.39, 0.29) is 22.9 Å². The van der Waals surface area contributed by atoms with Gasteiger partial charge in [-0.15, -0.1) is 0 Å². The van der Waals surface area contributed by atoms with Crippen LogP contribution in [0, 0.1) is 18.6 Å². The van der Waals surface area contributed by atoms with Crippen molar-refractivity contribution in [2.45, 2.75) is 26.2 Å². The number of halogens is 2. The number of aryl methyl sites for hydroxylation is 2. The number of H-pyrrole nitrogens is 1. The van der Waals surface area contributed by atoms with Gasteiger partial charge in [0.05, 0.1) is 11.4 Å². The largest absolute Gasteiger partial charge is 0.306 e. The number of benzene rings is 1. The molecule has 0 bridgehead atoms. The van der Waals surface area contributed by atoms with Gasteiger partial charge in [-0.2, -0.15) is 9.78 Å². The van der Waals surface area contributed by atoms with Gasteiger partial charge in [0.2, 0.25) is 5.95 Å². The van der Waals surface area contributed by atoms with Gasteiger partial charge in [-0.05, 0) is 44.4 Å². The number of nitrogens with zero attached hydrogens (tertiary/aromatic N) is 3. The molecule has 1 aliphatic rings. The maximum Gasteiger partial charge on any atom is 0.256 e. The molecule has 0 fully saturated rings. The highest BCUT2D eigenvalue weighted by Gasteiger charge is 2.20. The molecule has 0 atom stereocenters. The summed E-state index contributed by atoms with van der Waals surface area (Å²) in [5.41, 5.74) is 1.71. The Morgan fingerprint density at radius 1 is 1.22 bits per heavy atom. The summed E-state index contributed by atoms with van der Waals surface area (Å²) in [6, 6.07) is 4.46. The second-order valence-electron chi connectivity index (χ2n) is 6.33. The fourth-order valence-corrected chi connectivity index (χ4v) is 3.10. The van der Waals surface area contributed by atoms with Gasteiger partial charge in [0.15, 0.2) is 11.6 Å². The number of anilines is 1. The molecule has 0 unspecified atom stereocenters. The molecule has 1 aliphatic carbocycles. The molecular weight excluding hydrogens is 356 g/mol. The van der Waals surface area contributed by atoms with Crippen molar-refractivity contribution in [3.8, 4) is 5.95 Å². The SMILES string of the molecule is Cc1cc(NC(=O)c2ccc(F)c(F)c2)n(-c2nc3c(c(=O)[nH]2)CCC3)n1. The highest BCUT2D eigenvalue weighted by molar-refractivity contribution is 6.03. The van der Waals surface area contributed by atoms with Gasteiger partial charge in [0, 0.05) is 17.2 Å². The van der Waals surface area contributed by atoms with Crippen LogP contribution in [0.2, 0.25) is 0 Å². The van der Waals surface area contributed by atoms with Crippen LogP contribution in [0.25, 0.3) is 5.95 Å². The Morgan fingerprint density at radius 3 is 2.81 bits per heavy atom. The van der Waals surface area contributed by atoms with Crippen molar-refractivity contribution < 1.29 is 13.6 Å². The van der Waals surface area contributed by atoms with E-state index in [9.17, 15) is 18.4 Å². The number of carbonyl (C=O) groups excluding carboxylic acids is 1. The summed E-state index contributed by atoms with van der Waals surface area (Å²) in [5.74, 6) is -2.35. The Morgan fingerprint density at radius 2 is 2.04 bits per heavy atom. The summed E-state index contributed by atoms with van der Waals surface area (Å²) < 4.78 is 27.8. The van der Waals surface area contributed by atoms with Crippen LogP contribution in [-0.4, -0.2) is 25.7 Å². The van der Waals surface area contributed by atoms with Gasteiger partial charge in [0.25, 0.3) is 11.5 Å². The average molecular weight is 371 g/mol. The Hall–Kier alpha value is -3.36. The van der Waals surface area contributed by atoms with Crippen LogP contribution in [0.1, 0.15) is 33.7 Å². The highest BCUT2D eigenvalue weighted by Crippen LogP contribution is 2.20. The molecule has 3 aromatic rings. The van der Waals surface area contributed by atoms with Gasteiger partial charge in [0.1, 0.15) is 5.82 Å². The molecule has 9 heteroatoms. The fraction of sp³-hybridized carbons (Fsp3) is 0.222. The number of nitrogens with one attached hydrogen (secondary N) is 2. The molecule has 27 heavy (non-hydrogen) atoms. The van der Waals surface area contributed by atoms with Gasteiger partial charge < -0.3 is 5.32 Å². The molecule has 4 rings (SSSR count). The van der Waals surface area contributed by atoms with E-state index in [0.29, 0.717) is 24.1 Å². The Balaban J connectivity index is 1.69. The summed E-state index contributed by atoms with van der Waals surface area (Å²) in [6.45, 7) is 1.72. The Labute approximate surface area is 152 Å². The van der Waals surface area contributed by atoms with Crippen molar-refractivity contribution in [2.75, 3.05) is 5.32 Å². The number of aromatic nitrogens is 4. The number of amides is 1. The third-order valence-electron chi connectivity index (χ3n) is 4.38. The van der Waals surface area contributed by atoms with E-state index in [1.165, 1.54) is 10.7 Å². The first-order valence-electron chi connectivity index (χ1n) is 8.38. The van der Waals surface area contributed by atoms with E-state index >= 15 is 0 Å². The Bertz CT molecular complexity index is 1120. The first kappa shape index (κ1) is 17.1. The van der Waals surface area contributed by atoms with Gasteiger partial charge in [-0.1, -0.05) is 0 Å². The van der Waals surface area contributed by atoms with E-state index in [0.717, 1.165) is 24.2 Å². The first-order chi connectivity index (χ1) is 12.9. The minimum atomic E-state index is -1.11. The molecule has 1 amide bonds. The van der Waals surface area contributed by atoms with Crippen molar-refractivity contribution in [3.05, 3.63) is 68.8 Å². The zero-order valence-corrected chi connectivity index (χ0v) is 14.3. The summed E-state index contributed by atoms with van der Waals surface area (Å²) >= 11 is 0. The molecular formula is C18H15F2N5O2. The van der Waals surface area contributed by atoms with Crippen molar-refractivity contribution in [2.24, 2.45) is 0 Å². The third kappa shape index (κ3) is 3.12. The number of fused-ring (bicyclic) bond motifs is 1. The van der Waals surface area contributed by atoms with Crippen molar-refractivity contribution in [1.29, 1.82) is 0 Å². The zero-order valence-electron chi connectivity index (χ0n) is 14.3. The van der Waals surface area contributed by atoms with Crippen LogP contribution in [0.3, 0.4) is 0 Å². The van der Waals surface area contributed by atoms with Crippen molar-refractivity contribution >= 4 is 11.7 Å². The maximum atomic E-state index is 13.4. The second-order valence-corrected chi connectivity index (χ2v) is 6.33. The normalized spacial score (nSPS) is 12.9. The lowest BCUT2D eigenvalue weighted by Gasteiger charge is -2.09. The smallest absolute Gasteiger partial charge is 0.256 e. The summed E-state index contributed by atoms with van der Waals surface area (Å²) in [7, 11) is 0. The van der Waals surface area contributed by atoms with Gasteiger partial charge >= 0.3 is 0 Å². The van der Waals surface area contributed by atoms with Crippen LogP contribution < -0.4 is 10.9 Å². The standard InChI is InChI=1S/C18H15F2N5O2/c1-9-7-15(22-16(26)10-5-6-12(19)13(20)8-10)25(24-9)18-21-14-4-2-3-11(14)17(27)23-18/h5-8H,2-4H2,1H3,(H,22,26)(H,21,23,27). The van der Waals surface area contributed by atoms with Crippen LogP contribution in [0.15, 0.2) is 29.1 Å². The minimum absolute atomic E-state index is 0.0466. The van der Waals surface area contributed by atoms with E-state index in [4.69, 9.17) is 0 Å². The zero-order chi connectivity index (χ0) is 19.1. The summed E-state index contributed by atoms with van der Waals surface area (Å²) in [4.78, 5) is 31.8. The molecule has 1 aromatic carbocycles. The highest BCUT2D eigenvalue weighted by atomic mass is 19.2. The van der Waals surface area contributed by atoms with Crippen molar-refractivity contribution in [3.63, 3.8) is 0 Å². The van der Waals surface area contributed by atoms with E-state index in [1.807, 2.05) is 0 Å². The van der Waals surface area contributed by atoms with Crippen LogP contribution >= 0.6 is 0 Å². The fourth-order valence-electron chi connectivity index (χ4n) is 3.10. The van der Waals surface area contributed by atoms with Crippen LogP contribution in [-0.2, 0) is 12.8 Å². The molecule has 2 N–H and O–H groups in total. The molecule has 0 saturated carbocycles. The molecule has 0 spiro atoms. The molecule has 0 saturated heterocycles. The lowest BCUT2D eigenvalue weighted by atomic mass is 10.2. The van der Waals surface area contributed by atoms with E-state index < -0.39 is 17.5 Å². The predicted octanol–water partition coefficient (Wildman–Crippen LogP) is 2.28. The lowest BCUT2D eigenvalue weighted by molar-refractivity contribution is 0.102. The van der Waals surface area contributed by atoms with E-state index in [1.54, 1.807) is 13.0 Å². The van der Waals surface area contributed by atoms with Crippen LogP contribution in [0.5, 0.6) is 0 Å².